The average Bonchev–Trinajstić information content (AvgIpc) is 3.26. The van der Waals surface area contributed by atoms with Gasteiger partial charge in [0.25, 0.3) is 0 Å². The van der Waals surface area contributed by atoms with Crippen molar-refractivity contribution in [3.05, 3.63) is 47.5 Å². The number of phosphoric acid groups is 1. The molecule has 3 aromatic rings. The maximum atomic E-state index is 10.9. The second-order valence-corrected chi connectivity index (χ2v) is 8.54. The molecule has 0 unspecified atom stereocenters. The third kappa shape index (κ3) is 4.86. The van der Waals surface area contributed by atoms with Crippen molar-refractivity contribution in [1.82, 2.24) is 19.5 Å². The minimum absolute atomic E-state index is 0.330. The molecule has 4 rings (SSSR count). The van der Waals surface area contributed by atoms with Gasteiger partial charge in [-0.25, -0.2) is 19.5 Å². The van der Waals surface area contributed by atoms with Crippen LogP contribution in [0.3, 0.4) is 0 Å². The maximum absolute atomic E-state index is 10.9. The molecule has 4 atom stereocenters. The number of phosphoric ester groups is 1. The second-order valence-electron chi connectivity index (χ2n) is 6.86. The molecule has 14 heteroatoms. The van der Waals surface area contributed by atoms with Crippen LogP contribution in [-0.4, -0.2) is 64.4 Å². The topological polar surface area (TPSA) is 172 Å². The van der Waals surface area contributed by atoms with E-state index >= 15 is 0 Å². The van der Waals surface area contributed by atoms with Crippen molar-refractivity contribution in [2.45, 2.75) is 31.1 Å². The lowest BCUT2D eigenvalue weighted by Crippen LogP contribution is -2.33. The lowest BCUT2D eigenvalue weighted by Gasteiger charge is -2.16. The van der Waals surface area contributed by atoms with Crippen LogP contribution in [-0.2, 0) is 20.4 Å². The molecular formula is C17H19ClN5O7P. The standard InChI is InChI=1S/C17H19ClN5O7P/c18-10-3-1-2-9(4-10)5-19-15-12-16(21-7-20-15)23(8-22-12)17-14(25)13(24)11(30-17)6-29-31(26,27)28/h1-4,7-8,11,13-14,17,24-25H,5-6H2,(H,19,20,21)(H2,26,27,28)/t11-,13-,14-,17-/m1/s1. The van der Waals surface area contributed by atoms with Crippen LogP contribution >= 0.6 is 19.4 Å². The molecule has 166 valence electrons. The Kier molecular flexibility index (Phi) is 6.24. The van der Waals surface area contributed by atoms with Gasteiger partial charge in [0.1, 0.15) is 24.6 Å². The molecule has 1 aliphatic heterocycles. The van der Waals surface area contributed by atoms with E-state index in [1.807, 2.05) is 18.2 Å². The van der Waals surface area contributed by atoms with Crippen molar-refractivity contribution >= 4 is 36.4 Å². The van der Waals surface area contributed by atoms with E-state index in [2.05, 4.69) is 24.8 Å². The largest absolute Gasteiger partial charge is 0.469 e. The van der Waals surface area contributed by atoms with Gasteiger partial charge >= 0.3 is 7.82 Å². The zero-order valence-electron chi connectivity index (χ0n) is 15.8. The van der Waals surface area contributed by atoms with Crippen molar-refractivity contribution in [1.29, 1.82) is 0 Å². The Labute approximate surface area is 180 Å². The average molecular weight is 472 g/mol. The first-order valence-electron chi connectivity index (χ1n) is 9.10. The molecule has 1 fully saturated rings. The van der Waals surface area contributed by atoms with Crippen molar-refractivity contribution < 1.29 is 33.8 Å². The number of aromatic nitrogens is 4. The number of nitrogens with one attached hydrogen (secondary N) is 1. The van der Waals surface area contributed by atoms with Gasteiger partial charge in [-0.15, -0.1) is 0 Å². The number of aliphatic hydroxyl groups excluding tert-OH is 2. The van der Waals surface area contributed by atoms with Crippen LogP contribution in [0.2, 0.25) is 5.02 Å². The van der Waals surface area contributed by atoms with Crippen LogP contribution in [0.1, 0.15) is 11.8 Å². The lowest BCUT2D eigenvalue weighted by molar-refractivity contribution is -0.0504. The van der Waals surface area contributed by atoms with Gasteiger partial charge in [-0.3, -0.25) is 9.09 Å². The van der Waals surface area contributed by atoms with Crippen LogP contribution in [0.15, 0.2) is 36.9 Å². The van der Waals surface area contributed by atoms with E-state index in [9.17, 15) is 14.8 Å². The minimum Gasteiger partial charge on any atom is -0.387 e. The van der Waals surface area contributed by atoms with E-state index in [0.717, 1.165) is 5.56 Å². The number of rotatable bonds is 7. The summed E-state index contributed by atoms with van der Waals surface area (Å²) in [4.78, 5) is 30.4. The molecule has 0 spiro atoms. The predicted molar refractivity (Wildman–Crippen MR) is 108 cm³/mol. The number of nitrogens with zero attached hydrogens (tertiary/aromatic N) is 4. The Morgan fingerprint density at radius 1 is 1.23 bits per heavy atom. The van der Waals surface area contributed by atoms with Crippen LogP contribution in [0.25, 0.3) is 11.2 Å². The summed E-state index contributed by atoms with van der Waals surface area (Å²) in [6, 6.07) is 7.32. The van der Waals surface area contributed by atoms with Gasteiger partial charge in [0, 0.05) is 11.6 Å². The highest BCUT2D eigenvalue weighted by atomic mass is 35.5. The van der Waals surface area contributed by atoms with Crippen LogP contribution in [0.5, 0.6) is 0 Å². The summed E-state index contributed by atoms with van der Waals surface area (Å²) >= 11 is 6.00. The summed E-state index contributed by atoms with van der Waals surface area (Å²) in [5.74, 6) is 0.443. The van der Waals surface area contributed by atoms with Crippen molar-refractivity contribution in [2.75, 3.05) is 11.9 Å². The van der Waals surface area contributed by atoms with E-state index in [1.165, 1.54) is 17.2 Å². The number of halogens is 1. The molecule has 3 heterocycles. The van der Waals surface area contributed by atoms with Gasteiger partial charge in [-0.1, -0.05) is 23.7 Å². The van der Waals surface area contributed by atoms with E-state index in [0.29, 0.717) is 28.5 Å². The van der Waals surface area contributed by atoms with E-state index < -0.39 is 39.0 Å². The summed E-state index contributed by atoms with van der Waals surface area (Å²) < 4.78 is 22.3. The molecule has 1 saturated heterocycles. The van der Waals surface area contributed by atoms with E-state index in [4.69, 9.17) is 26.1 Å². The fourth-order valence-corrected chi connectivity index (χ4v) is 3.82. The number of ether oxygens (including phenoxy) is 1. The molecule has 31 heavy (non-hydrogen) atoms. The Balaban J connectivity index is 1.54. The van der Waals surface area contributed by atoms with Crippen LogP contribution in [0, 0.1) is 0 Å². The SMILES string of the molecule is O=P(O)(O)OC[C@H]1O[C@@H](n2cnc3c(NCc4cccc(Cl)c4)ncnc32)[C@H](O)[C@@H]1O. The Hall–Kier alpha value is -2.15. The highest BCUT2D eigenvalue weighted by molar-refractivity contribution is 7.46. The summed E-state index contributed by atoms with van der Waals surface area (Å²) in [6.07, 6.45) is -2.41. The molecule has 12 nitrogen and oxygen atoms in total. The molecule has 0 bridgehead atoms. The van der Waals surface area contributed by atoms with Crippen LogP contribution in [0.4, 0.5) is 5.82 Å². The summed E-state index contributed by atoms with van der Waals surface area (Å²) in [6.45, 7) is -0.171. The number of imidazole rings is 1. The van der Waals surface area contributed by atoms with Gasteiger partial charge in [0.2, 0.25) is 0 Å². The predicted octanol–water partition coefficient (Wildman–Crippen LogP) is 0.820. The molecule has 0 saturated carbocycles. The summed E-state index contributed by atoms with van der Waals surface area (Å²) in [5.41, 5.74) is 1.67. The van der Waals surface area contributed by atoms with Crippen molar-refractivity contribution in [3.8, 4) is 0 Å². The van der Waals surface area contributed by atoms with Gasteiger partial charge in [-0.05, 0) is 17.7 Å². The number of fused-ring (bicyclic) bond motifs is 1. The number of benzene rings is 1. The van der Waals surface area contributed by atoms with Gasteiger partial charge in [-0.2, -0.15) is 0 Å². The normalized spacial score (nSPS) is 24.0. The first-order valence-corrected chi connectivity index (χ1v) is 11.0. The highest BCUT2D eigenvalue weighted by Gasteiger charge is 2.45. The molecule has 0 amide bonds. The fourth-order valence-electron chi connectivity index (χ4n) is 3.27. The number of aliphatic hydroxyl groups is 2. The monoisotopic (exact) mass is 471 g/mol. The molecule has 0 radical (unpaired) electrons. The maximum Gasteiger partial charge on any atom is 0.469 e. The quantitative estimate of drug-likeness (QED) is 0.309. The third-order valence-electron chi connectivity index (χ3n) is 4.73. The number of hydrogen-bond acceptors (Lipinski definition) is 9. The van der Waals surface area contributed by atoms with Crippen molar-refractivity contribution in [2.24, 2.45) is 0 Å². The summed E-state index contributed by atoms with van der Waals surface area (Å²) in [5, 5.41) is 24.3. The lowest BCUT2D eigenvalue weighted by atomic mass is 10.1. The highest BCUT2D eigenvalue weighted by Crippen LogP contribution is 2.39. The fraction of sp³-hybridized carbons (Fsp3) is 0.353. The molecule has 1 aliphatic rings. The Morgan fingerprint density at radius 2 is 2.03 bits per heavy atom. The third-order valence-corrected chi connectivity index (χ3v) is 5.45. The smallest absolute Gasteiger partial charge is 0.387 e. The molecule has 5 N–H and O–H groups in total. The van der Waals surface area contributed by atoms with Gasteiger partial charge in [0.05, 0.1) is 12.9 Å². The van der Waals surface area contributed by atoms with Gasteiger partial charge in [0.15, 0.2) is 23.2 Å². The second kappa shape index (κ2) is 8.77. The molecule has 1 aromatic carbocycles. The zero-order chi connectivity index (χ0) is 22.2. The Morgan fingerprint density at radius 3 is 2.77 bits per heavy atom. The molecule has 2 aromatic heterocycles. The first kappa shape index (κ1) is 22.1. The Bertz CT molecular complexity index is 1130. The van der Waals surface area contributed by atoms with Gasteiger partial charge < -0.3 is 30.1 Å². The number of anilines is 1. The van der Waals surface area contributed by atoms with Crippen molar-refractivity contribution in [3.63, 3.8) is 0 Å². The van der Waals surface area contributed by atoms with Crippen LogP contribution < -0.4 is 5.32 Å². The summed E-state index contributed by atoms with van der Waals surface area (Å²) in [7, 11) is -4.76. The molecular weight excluding hydrogens is 453 g/mol. The molecule has 0 aliphatic carbocycles. The zero-order valence-corrected chi connectivity index (χ0v) is 17.5. The minimum atomic E-state index is -4.76. The first-order chi connectivity index (χ1) is 14.7. The number of hydrogen-bond donors (Lipinski definition) is 5. The van der Waals surface area contributed by atoms with E-state index in [-0.39, 0.29) is 0 Å². The van der Waals surface area contributed by atoms with E-state index in [1.54, 1.807) is 6.07 Å².